The summed E-state index contributed by atoms with van der Waals surface area (Å²) in [5.41, 5.74) is 1.07. The van der Waals surface area contributed by atoms with E-state index in [-0.39, 0.29) is 138 Å². The first kappa shape index (κ1) is 78.0. The van der Waals surface area contributed by atoms with Gasteiger partial charge >= 0.3 is 42.1 Å². The van der Waals surface area contributed by atoms with Crippen LogP contribution in [0.15, 0.2) is 36.5 Å². The molecule has 6 fully saturated rings. The van der Waals surface area contributed by atoms with Crippen LogP contribution in [-0.2, 0) is 105 Å². The van der Waals surface area contributed by atoms with Crippen LogP contribution in [0.3, 0.4) is 0 Å². The standard InChI is InChI=1S/C13H22.C8H12.C7H9.C7H12.C6H14.2C4H9.CH3.3B.5W/c1-13(2,3)9-12-10-5-4-6-11(12)8-7-10;1-2-7-4-5-8(3-1)6-7;1-2-7-4-3-6(1)5-7;1-2-6-4-7(3-1)5-6;1-5-6(2,3)4;2*1-4(2)3;;;;;;;;;/h4-5,10-12H,6-9H2,1-3H3;4-5,7-8H,1-3,6H2;1-3,6-7H,4-5H2;6-7H,1-5H2;5H2,1-4H3;2*1-3H3;1H3;;;;;;;;/q;;-1;;;3*-1;;;;;;;2*+2. The monoisotopic (exact) mass is 1640 g/mol. The van der Waals surface area contributed by atoms with Gasteiger partial charge in [0.25, 0.3) is 0 Å². The maximum absolute atomic E-state index is 2.49. The van der Waals surface area contributed by atoms with Gasteiger partial charge < -0.3 is 25.7 Å². The van der Waals surface area contributed by atoms with Crippen molar-refractivity contribution in [1.82, 2.24) is 0 Å². The molecule has 0 aromatic rings. The number of allylic oxidation sites excluding steroid dienone is 6. The Morgan fingerprint density at radius 2 is 1.00 bits per heavy atom. The Morgan fingerprint density at radius 1 is 0.569 bits per heavy atom. The van der Waals surface area contributed by atoms with Crippen molar-refractivity contribution in [3.63, 3.8) is 0 Å². The first-order chi connectivity index (χ1) is 22.9. The van der Waals surface area contributed by atoms with Gasteiger partial charge in [-0.15, -0.1) is 12.0 Å². The van der Waals surface area contributed by atoms with E-state index in [4.69, 9.17) is 0 Å². The second kappa shape index (κ2) is 41.3. The first-order valence-electron chi connectivity index (χ1n) is 21.3. The molecule has 9 rings (SSSR count). The minimum atomic E-state index is 0. The third-order valence-electron chi connectivity index (χ3n) is 11.7. The third kappa shape index (κ3) is 37.1. The Kier molecular flexibility index (Phi) is 55.6. The van der Waals surface area contributed by atoms with Crippen molar-refractivity contribution >= 4 is 25.2 Å². The number of rotatable bonds is 1. The Bertz CT molecular complexity index is 916. The van der Waals surface area contributed by atoms with Crippen LogP contribution in [0.2, 0.25) is 0 Å². The van der Waals surface area contributed by atoms with Crippen molar-refractivity contribution < 1.29 is 105 Å². The molecule has 9 aliphatic carbocycles. The fourth-order valence-corrected chi connectivity index (χ4v) is 8.65. The molecule has 9 radical (unpaired) electrons. The van der Waals surface area contributed by atoms with E-state index < -0.39 is 0 Å². The van der Waals surface area contributed by atoms with E-state index in [0.717, 1.165) is 41.4 Å². The van der Waals surface area contributed by atoms with Gasteiger partial charge in [0.15, 0.2) is 0 Å². The number of hydrogen-bond donors (Lipinski definition) is 0. The predicted molar refractivity (Wildman–Crippen MR) is 246 cm³/mol. The molecule has 0 N–H and O–H groups in total. The van der Waals surface area contributed by atoms with Crippen LogP contribution < -0.4 is 0 Å². The average Bonchev–Trinajstić information content (AvgIpc) is 3.77. The number of hydrogen-bond acceptors (Lipinski definition) is 0. The molecular weight excluding hydrogens is 1550 g/mol. The largest absolute Gasteiger partial charge is 2.00 e. The molecule has 0 aromatic carbocycles. The van der Waals surface area contributed by atoms with Crippen LogP contribution in [-0.4, -0.2) is 25.2 Å². The van der Waals surface area contributed by atoms with Gasteiger partial charge in [-0.3, -0.25) is 0 Å². The Labute approximate surface area is 444 Å². The summed E-state index contributed by atoms with van der Waals surface area (Å²) in [7, 11) is 0. The minimum absolute atomic E-state index is 0. The van der Waals surface area contributed by atoms with Gasteiger partial charge in [0.1, 0.15) is 0 Å². The first-order valence-corrected chi connectivity index (χ1v) is 21.3. The molecule has 6 saturated carbocycles. The molecule has 0 amide bonds. The molecule has 0 heterocycles. The SMILES string of the molecule is C1=CC2CCCC1C2.C1=CC2C[CH-]C1C2.C1CC2CC(C1)C2.CC(C)(C)CC1C2C=CCC1CC2.CCC(C)(C)C.C[C-](C)C.C[C-](C)C.[B].[B].[B].[CH3-].[W+2].[W+2].[W].[W].[W]. The van der Waals surface area contributed by atoms with Crippen LogP contribution in [0.5, 0.6) is 0 Å². The zero-order valence-electron chi connectivity index (χ0n) is 40.3. The summed E-state index contributed by atoms with van der Waals surface area (Å²) in [6.45, 7) is 28.6. The second-order valence-electron chi connectivity index (χ2n) is 20.7. The van der Waals surface area contributed by atoms with E-state index in [9.17, 15) is 0 Å². The zero-order chi connectivity index (χ0) is 36.6. The van der Waals surface area contributed by atoms with E-state index in [1.807, 2.05) is 0 Å². The van der Waals surface area contributed by atoms with E-state index >= 15 is 0 Å². The maximum Gasteiger partial charge on any atom is 2.00 e. The van der Waals surface area contributed by atoms with Gasteiger partial charge in [-0.25, -0.2) is 0 Å². The molecule has 0 nitrogen and oxygen atoms in total. The van der Waals surface area contributed by atoms with Crippen LogP contribution in [0.25, 0.3) is 0 Å². The van der Waals surface area contributed by atoms with Crippen LogP contribution in [0.4, 0.5) is 0 Å². The molecule has 0 spiro atoms. The topological polar surface area (TPSA) is 0 Å². The second-order valence-corrected chi connectivity index (χ2v) is 20.7. The summed E-state index contributed by atoms with van der Waals surface area (Å²) in [5.74, 6) is 11.9. The molecular formula is C50H90B3W5. The van der Waals surface area contributed by atoms with Crippen LogP contribution in [0, 0.1) is 89.8 Å². The average molecular weight is 1640 g/mol. The van der Waals surface area contributed by atoms with Crippen LogP contribution >= 0.6 is 0 Å². The van der Waals surface area contributed by atoms with Gasteiger partial charge in [0.2, 0.25) is 0 Å². The van der Waals surface area contributed by atoms with E-state index in [1.54, 1.807) is 25.7 Å². The van der Waals surface area contributed by atoms with Crippen LogP contribution in [0.1, 0.15) is 193 Å². The molecule has 0 aromatic heterocycles. The summed E-state index contributed by atoms with van der Waals surface area (Å²) >= 11 is 0. The van der Waals surface area contributed by atoms with Gasteiger partial charge in [0.05, 0.1) is 0 Å². The van der Waals surface area contributed by atoms with Crippen molar-refractivity contribution in [2.24, 2.45) is 64.1 Å². The predicted octanol–water partition coefficient (Wildman–Crippen LogP) is 15.3. The van der Waals surface area contributed by atoms with E-state index in [0.29, 0.717) is 10.8 Å². The Hall–Kier alpha value is 2.86. The molecule has 7 unspecified atom stereocenters. The summed E-state index contributed by atoms with van der Waals surface area (Å²) in [5, 5.41) is 0. The molecule has 8 bridgehead atoms. The summed E-state index contributed by atoms with van der Waals surface area (Å²) in [6, 6.07) is 0. The van der Waals surface area contributed by atoms with Gasteiger partial charge in [-0.05, 0) is 110 Å². The number of fused-ring (bicyclic) bond motifs is 8. The van der Waals surface area contributed by atoms with Gasteiger partial charge in [-0.2, -0.15) is 48.0 Å². The summed E-state index contributed by atoms with van der Waals surface area (Å²) in [4.78, 5) is 0. The zero-order valence-corrected chi connectivity index (χ0v) is 55.0. The quantitative estimate of drug-likeness (QED) is 0.139. The maximum atomic E-state index is 2.49. The summed E-state index contributed by atoms with van der Waals surface area (Å²) in [6.07, 6.45) is 40.3. The Morgan fingerprint density at radius 3 is 1.24 bits per heavy atom. The normalized spacial score (nSPS) is 28.3. The Balaban J connectivity index is -0.0000000843. The van der Waals surface area contributed by atoms with Crippen molar-refractivity contribution in [2.45, 2.75) is 193 Å². The molecule has 58 heavy (non-hydrogen) atoms. The molecule has 7 atom stereocenters. The molecule has 0 aliphatic heterocycles. The molecule has 329 valence electrons. The smallest absolute Gasteiger partial charge is 0.358 e. The molecule has 8 heteroatoms. The van der Waals surface area contributed by atoms with Gasteiger partial charge in [0, 0.05) is 88.4 Å². The van der Waals surface area contributed by atoms with E-state index in [1.165, 1.54) is 101 Å². The molecule has 9 aliphatic rings. The van der Waals surface area contributed by atoms with Gasteiger partial charge in [-0.1, -0.05) is 123 Å². The molecule has 0 saturated heterocycles. The summed E-state index contributed by atoms with van der Waals surface area (Å²) < 4.78 is 0. The fraction of sp³-hybridized carbons (Fsp3) is 0.800. The van der Waals surface area contributed by atoms with Crippen molar-refractivity contribution in [1.29, 1.82) is 0 Å². The van der Waals surface area contributed by atoms with Crippen molar-refractivity contribution in [2.75, 3.05) is 0 Å². The fourth-order valence-electron chi connectivity index (χ4n) is 8.65. The minimum Gasteiger partial charge on any atom is -0.358 e. The van der Waals surface area contributed by atoms with Crippen molar-refractivity contribution in [3.05, 3.63) is 62.1 Å². The van der Waals surface area contributed by atoms with Crippen molar-refractivity contribution in [3.8, 4) is 0 Å². The third-order valence-corrected chi connectivity index (χ3v) is 11.7. The van der Waals surface area contributed by atoms with E-state index in [2.05, 4.69) is 133 Å².